The number of hydrogen-bond acceptors (Lipinski definition) is 5. The Kier molecular flexibility index (Phi) is 4.78. The third kappa shape index (κ3) is 3.51. The zero-order valence-electron chi connectivity index (χ0n) is 15.3. The molecular formula is C20H21FN4OS. The normalized spacial score (nSPS) is 16.9. The molecule has 1 N–H and O–H groups in total. The van der Waals surface area contributed by atoms with Crippen molar-refractivity contribution >= 4 is 33.3 Å². The van der Waals surface area contributed by atoms with Gasteiger partial charge in [-0.25, -0.2) is 14.4 Å². The lowest BCUT2D eigenvalue weighted by Gasteiger charge is -2.20. The van der Waals surface area contributed by atoms with Crippen LogP contribution in [0.5, 0.6) is 0 Å². The molecule has 0 radical (unpaired) electrons. The van der Waals surface area contributed by atoms with Crippen LogP contribution < -0.4 is 5.32 Å². The second-order valence-electron chi connectivity index (χ2n) is 6.78. The first-order valence-corrected chi connectivity index (χ1v) is 9.90. The second-order valence-corrected chi connectivity index (χ2v) is 7.89. The summed E-state index contributed by atoms with van der Waals surface area (Å²) in [6, 6.07) is 6.91. The molecule has 1 aliphatic heterocycles. The Morgan fingerprint density at radius 1 is 1.37 bits per heavy atom. The van der Waals surface area contributed by atoms with E-state index in [4.69, 9.17) is 0 Å². The van der Waals surface area contributed by atoms with Crippen molar-refractivity contribution in [1.29, 1.82) is 0 Å². The first-order chi connectivity index (χ1) is 13.0. The summed E-state index contributed by atoms with van der Waals surface area (Å²) >= 11 is 1.68. The molecule has 3 heterocycles. The van der Waals surface area contributed by atoms with Gasteiger partial charge in [-0.05, 0) is 42.2 Å². The highest BCUT2D eigenvalue weighted by Gasteiger charge is 2.25. The van der Waals surface area contributed by atoms with Crippen LogP contribution in [0.4, 0.5) is 10.2 Å². The minimum absolute atomic E-state index is 0.000657. The van der Waals surface area contributed by atoms with Crippen molar-refractivity contribution in [2.75, 3.05) is 11.9 Å². The number of fused-ring (bicyclic) bond motifs is 2. The van der Waals surface area contributed by atoms with Gasteiger partial charge in [0.15, 0.2) is 0 Å². The zero-order valence-corrected chi connectivity index (χ0v) is 16.1. The van der Waals surface area contributed by atoms with Gasteiger partial charge in [-0.1, -0.05) is 13.0 Å². The van der Waals surface area contributed by atoms with Crippen LogP contribution in [0.1, 0.15) is 42.3 Å². The van der Waals surface area contributed by atoms with Gasteiger partial charge >= 0.3 is 0 Å². The average Bonchev–Trinajstić information content (AvgIpc) is 3.00. The lowest BCUT2D eigenvalue weighted by molar-refractivity contribution is -0.129. The predicted octanol–water partition coefficient (Wildman–Crippen LogP) is 4.30. The number of halogens is 1. The summed E-state index contributed by atoms with van der Waals surface area (Å²) < 4.78 is 13.8. The quantitative estimate of drug-likeness (QED) is 0.732. The molecule has 1 unspecified atom stereocenters. The highest BCUT2D eigenvalue weighted by Crippen LogP contribution is 2.34. The van der Waals surface area contributed by atoms with Crippen molar-refractivity contribution in [2.24, 2.45) is 0 Å². The number of rotatable bonds is 3. The van der Waals surface area contributed by atoms with E-state index in [9.17, 15) is 9.18 Å². The van der Waals surface area contributed by atoms with E-state index in [0.717, 1.165) is 40.0 Å². The van der Waals surface area contributed by atoms with E-state index in [1.54, 1.807) is 29.5 Å². The number of amides is 1. The predicted molar refractivity (Wildman–Crippen MR) is 105 cm³/mol. The number of aromatic nitrogens is 2. The molecule has 1 atom stereocenters. The van der Waals surface area contributed by atoms with Gasteiger partial charge in [0.25, 0.3) is 0 Å². The maximum Gasteiger partial charge on any atom is 0.219 e. The zero-order chi connectivity index (χ0) is 19.0. The van der Waals surface area contributed by atoms with Gasteiger partial charge in [0.05, 0.1) is 11.4 Å². The summed E-state index contributed by atoms with van der Waals surface area (Å²) in [5, 5.41) is 4.54. The molecule has 0 saturated heterocycles. The van der Waals surface area contributed by atoms with E-state index in [1.165, 1.54) is 17.0 Å². The van der Waals surface area contributed by atoms with Crippen LogP contribution in [-0.4, -0.2) is 27.3 Å². The van der Waals surface area contributed by atoms with Gasteiger partial charge in [-0.2, -0.15) is 0 Å². The van der Waals surface area contributed by atoms with E-state index in [0.29, 0.717) is 13.1 Å². The van der Waals surface area contributed by atoms with E-state index in [2.05, 4.69) is 28.3 Å². The molecular weight excluding hydrogens is 363 g/mol. The smallest absolute Gasteiger partial charge is 0.219 e. The lowest BCUT2D eigenvalue weighted by Crippen LogP contribution is -2.28. The van der Waals surface area contributed by atoms with E-state index in [1.807, 2.05) is 6.07 Å². The van der Waals surface area contributed by atoms with Crippen LogP contribution >= 0.6 is 11.3 Å². The molecule has 0 bridgehead atoms. The molecule has 0 saturated carbocycles. The van der Waals surface area contributed by atoms with Crippen molar-refractivity contribution < 1.29 is 9.18 Å². The fourth-order valence-electron chi connectivity index (χ4n) is 3.55. The topological polar surface area (TPSA) is 58.1 Å². The van der Waals surface area contributed by atoms with Crippen LogP contribution in [0.3, 0.4) is 0 Å². The van der Waals surface area contributed by atoms with Gasteiger partial charge in [-0.3, -0.25) is 4.79 Å². The Morgan fingerprint density at radius 3 is 3.00 bits per heavy atom. The first-order valence-electron chi connectivity index (χ1n) is 9.09. The number of nitrogens with zero attached hydrogens (tertiary/aromatic N) is 3. The summed E-state index contributed by atoms with van der Waals surface area (Å²) in [4.78, 5) is 24.7. The lowest BCUT2D eigenvalue weighted by atomic mass is 9.99. The van der Waals surface area contributed by atoms with Crippen LogP contribution in [-0.2, 0) is 17.8 Å². The molecule has 4 rings (SSSR count). The van der Waals surface area contributed by atoms with Crippen LogP contribution in [0.2, 0.25) is 0 Å². The van der Waals surface area contributed by atoms with Crippen LogP contribution in [0.15, 0.2) is 30.6 Å². The molecule has 0 aliphatic carbocycles. The van der Waals surface area contributed by atoms with Crippen molar-refractivity contribution in [1.82, 2.24) is 14.9 Å². The number of carbonyl (C=O) groups is 1. The molecule has 140 valence electrons. The van der Waals surface area contributed by atoms with E-state index in [-0.39, 0.29) is 17.8 Å². The van der Waals surface area contributed by atoms with Gasteiger partial charge < -0.3 is 10.2 Å². The highest BCUT2D eigenvalue weighted by molar-refractivity contribution is 7.18. The van der Waals surface area contributed by atoms with Crippen molar-refractivity contribution in [2.45, 2.75) is 39.3 Å². The number of aryl methyl sites for hydroxylation is 1. The third-order valence-electron chi connectivity index (χ3n) is 5.01. The number of anilines is 1. The van der Waals surface area contributed by atoms with Gasteiger partial charge in [0.2, 0.25) is 5.91 Å². The minimum atomic E-state index is -0.284. The van der Waals surface area contributed by atoms with Crippen molar-refractivity contribution in [3.63, 3.8) is 0 Å². The fraction of sp³-hybridized carbons (Fsp3) is 0.350. The Hall–Kier alpha value is -2.54. The molecule has 1 aliphatic rings. The van der Waals surface area contributed by atoms with Crippen LogP contribution in [0.25, 0.3) is 10.2 Å². The average molecular weight is 384 g/mol. The highest BCUT2D eigenvalue weighted by atomic mass is 32.1. The standard InChI is InChI=1S/C20H21FN4OS/c1-3-15-9-17-19(22-11-23-20(17)27-15)24-18-6-7-25(12(2)26)10-13-8-14(21)4-5-16(13)18/h4-5,8-9,11,18H,3,6-7,10H2,1-2H3,(H,22,23,24). The van der Waals surface area contributed by atoms with Crippen molar-refractivity contribution in [3.05, 3.63) is 52.4 Å². The molecule has 27 heavy (non-hydrogen) atoms. The number of nitrogens with one attached hydrogen (secondary N) is 1. The Bertz CT molecular complexity index is 1000. The summed E-state index contributed by atoms with van der Waals surface area (Å²) in [7, 11) is 0. The van der Waals surface area contributed by atoms with Gasteiger partial charge in [0.1, 0.15) is 22.8 Å². The fourth-order valence-corrected chi connectivity index (χ4v) is 4.49. The number of benzene rings is 1. The summed E-state index contributed by atoms with van der Waals surface area (Å²) in [5.41, 5.74) is 1.85. The Labute approximate surface area is 161 Å². The molecule has 1 aromatic carbocycles. The monoisotopic (exact) mass is 384 g/mol. The molecule has 5 nitrogen and oxygen atoms in total. The van der Waals surface area contributed by atoms with Crippen molar-refractivity contribution in [3.8, 4) is 0 Å². The SMILES string of the molecule is CCc1cc2c(NC3CCN(C(C)=O)Cc4cc(F)ccc43)ncnc2s1. The summed E-state index contributed by atoms with van der Waals surface area (Å²) in [5.74, 6) is 0.501. The minimum Gasteiger partial charge on any atom is -0.363 e. The van der Waals surface area contributed by atoms with E-state index < -0.39 is 0 Å². The maximum atomic E-state index is 13.8. The first kappa shape index (κ1) is 17.9. The molecule has 2 aromatic heterocycles. The Morgan fingerprint density at radius 2 is 2.22 bits per heavy atom. The number of carbonyl (C=O) groups excluding carboxylic acids is 1. The summed E-state index contributed by atoms with van der Waals surface area (Å²) in [6.07, 6.45) is 3.26. The molecule has 7 heteroatoms. The van der Waals surface area contributed by atoms with Gasteiger partial charge in [0, 0.05) is 24.9 Å². The van der Waals surface area contributed by atoms with E-state index >= 15 is 0 Å². The Balaban J connectivity index is 1.72. The molecule has 1 amide bonds. The molecule has 0 fully saturated rings. The number of thiophene rings is 1. The molecule has 0 spiro atoms. The third-order valence-corrected chi connectivity index (χ3v) is 6.20. The maximum absolute atomic E-state index is 13.8. The second kappa shape index (κ2) is 7.23. The molecule has 3 aromatic rings. The van der Waals surface area contributed by atoms with Gasteiger partial charge in [-0.15, -0.1) is 11.3 Å². The van der Waals surface area contributed by atoms with Crippen LogP contribution in [0, 0.1) is 5.82 Å². The summed E-state index contributed by atoms with van der Waals surface area (Å²) in [6.45, 7) is 4.72. The number of hydrogen-bond donors (Lipinski definition) is 1. The largest absolute Gasteiger partial charge is 0.363 e.